The number of hydrazone groups is 1. The summed E-state index contributed by atoms with van der Waals surface area (Å²) in [5.74, 6) is -0.0399. The molecule has 0 aromatic carbocycles. The van der Waals surface area contributed by atoms with Gasteiger partial charge >= 0.3 is 30.1 Å². The van der Waals surface area contributed by atoms with Crippen molar-refractivity contribution >= 4 is 29.6 Å². The number of rotatable bonds is 3. The summed E-state index contributed by atoms with van der Waals surface area (Å²) in [6.45, 7) is 0.196. The molecule has 5 rings (SSSR count). The molecule has 2 amide bonds. The van der Waals surface area contributed by atoms with E-state index in [0.717, 1.165) is 23.5 Å². The molecular weight excluding hydrogens is 496 g/mol. The summed E-state index contributed by atoms with van der Waals surface area (Å²) in [6.07, 6.45) is -9.01. The van der Waals surface area contributed by atoms with E-state index in [1.54, 1.807) is 21.9 Å². The van der Waals surface area contributed by atoms with Gasteiger partial charge in [-0.25, -0.2) is 9.79 Å². The summed E-state index contributed by atoms with van der Waals surface area (Å²) < 4.78 is 82.2. The fourth-order valence-corrected chi connectivity index (χ4v) is 5.38. The Morgan fingerprint density at radius 2 is 1.72 bits per heavy atom. The van der Waals surface area contributed by atoms with Crippen LogP contribution in [0, 0.1) is 5.92 Å². The molecule has 4 heterocycles. The molecule has 0 N–H and O–H groups in total. The van der Waals surface area contributed by atoms with E-state index < -0.39 is 30.1 Å². The van der Waals surface area contributed by atoms with Gasteiger partial charge in [0.05, 0.1) is 6.21 Å². The Bertz CT molecular complexity index is 1050. The third-order valence-corrected chi connectivity index (χ3v) is 7.33. The van der Waals surface area contributed by atoms with Crippen molar-refractivity contribution in [3.8, 4) is 0 Å². The summed E-state index contributed by atoms with van der Waals surface area (Å²) in [6, 6.07) is 0. The normalized spacial score (nSPS) is 25.6. The maximum atomic E-state index is 13.8. The average Bonchev–Trinajstić information content (AvgIpc) is 3.47. The van der Waals surface area contributed by atoms with Gasteiger partial charge in [0.25, 0.3) is 12.3 Å². The first kappa shape index (κ1) is 24.8. The van der Waals surface area contributed by atoms with Gasteiger partial charge in [-0.3, -0.25) is 4.79 Å². The molecule has 1 saturated carbocycles. The number of halogens is 6. The number of piperidine rings is 1. The highest BCUT2D eigenvalue weighted by Gasteiger charge is 2.60. The molecule has 4 aliphatic heterocycles. The number of fused-ring (bicyclic) bond motifs is 1. The Morgan fingerprint density at radius 1 is 1.06 bits per heavy atom. The van der Waals surface area contributed by atoms with Crippen molar-refractivity contribution in [3.05, 3.63) is 12.2 Å². The molecule has 8 nitrogen and oxygen atoms in total. The summed E-state index contributed by atoms with van der Waals surface area (Å²) in [4.78, 5) is 33.3. The second kappa shape index (κ2) is 8.58. The number of carbonyl (C=O) groups excluding carboxylic acids is 2. The second-order valence-electron chi connectivity index (χ2n) is 9.66. The molecule has 0 radical (unpaired) electrons. The Morgan fingerprint density at radius 3 is 2.33 bits per heavy atom. The lowest BCUT2D eigenvalue weighted by molar-refractivity contribution is -0.553. The van der Waals surface area contributed by atoms with E-state index in [-0.39, 0.29) is 43.9 Å². The minimum absolute atomic E-state index is 0.128. The number of hydrogen-bond acceptors (Lipinski definition) is 5. The van der Waals surface area contributed by atoms with Crippen molar-refractivity contribution in [2.75, 3.05) is 19.6 Å². The zero-order chi connectivity index (χ0) is 25.9. The number of ether oxygens (including phenoxy) is 1. The summed E-state index contributed by atoms with van der Waals surface area (Å²) in [7, 11) is 0. The fourth-order valence-electron chi connectivity index (χ4n) is 5.38. The SMILES string of the molecule is O=C(OC(C(F)(F)F)C(F)(F)F)N1CCC2(CCCN2C(=O)C2=[N+]3N=CC=CC3N=C2C2CC2)CC1. The maximum absolute atomic E-state index is 13.8. The Kier molecular flexibility index (Phi) is 5.90. The lowest BCUT2D eigenvalue weighted by Crippen LogP contribution is -2.58. The number of hydrogen-bond donors (Lipinski definition) is 0. The molecule has 1 unspecified atom stereocenters. The number of alkyl halides is 6. The molecule has 1 aliphatic carbocycles. The van der Waals surface area contributed by atoms with Crippen molar-refractivity contribution < 1.29 is 45.4 Å². The largest absolute Gasteiger partial charge is 0.434 e. The topological polar surface area (TPSA) is 77.6 Å². The monoisotopic (exact) mass is 520 g/mol. The maximum Gasteiger partial charge on any atom is 0.434 e. The van der Waals surface area contributed by atoms with E-state index in [1.807, 2.05) is 6.08 Å². The first-order valence-electron chi connectivity index (χ1n) is 11.8. The van der Waals surface area contributed by atoms with Crippen LogP contribution in [0.2, 0.25) is 0 Å². The number of nitrogens with zero attached hydrogens (tertiary/aromatic N) is 5. The number of aliphatic imine (C=N–C) groups is 1. The minimum Gasteiger partial charge on any atom is -0.426 e. The molecular formula is C22H24F6N5O3+. The van der Waals surface area contributed by atoms with Crippen LogP contribution in [0.4, 0.5) is 31.1 Å². The van der Waals surface area contributed by atoms with Crippen LogP contribution >= 0.6 is 0 Å². The van der Waals surface area contributed by atoms with Gasteiger partial charge in [-0.15, -0.1) is 0 Å². The van der Waals surface area contributed by atoms with Gasteiger partial charge in [0, 0.05) is 37.2 Å². The molecule has 5 aliphatic rings. The van der Waals surface area contributed by atoms with Crippen LogP contribution in [0.25, 0.3) is 0 Å². The second-order valence-corrected chi connectivity index (χ2v) is 9.66. The quantitative estimate of drug-likeness (QED) is 0.424. The average molecular weight is 520 g/mol. The van der Waals surface area contributed by atoms with Crippen LogP contribution in [0.15, 0.2) is 22.2 Å². The predicted octanol–water partition coefficient (Wildman–Crippen LogP) is 3.27. The molecule has 196 valence electrons. The van der Waals surface area contributed by atoms with Crippen LogP contribution in [0.3, 0.4) is 0 Å². The Labute approximate surface area is 201 Å². The van der Waals surface area contributed by atoms with Crippen molar-refractivity contribution in [1.29, 1.82) is 0 Å². The molecule has 0 aromatic rings. The van der Waals surface area contributed by atoms with Crippen LogP contribution in [0.5, 0.6) is 0 Å². The van der Waals surface area contributed by atoms with Crippen LogP contribution in [-0.4, -0.2) is 93.9 Å². The summed E-state index contributed by atoms with van der Waals surface area (Å²) >= 11 is 0. The molecule has 14 heteroatoms. The van der Waals surface area contributed by atoms with Gasteiger partial charge in [-0.1, -0.05) is 0 Å². The molecule has 1 spiro atoms. The van der Waals surface area contributed by atoms with E-state index in [1.165, 1.54) is 0 Å². The first-order chi connectivity index (χ1) is 16.9. The Balaban J connectivity index is 1.30. The molecule has 3 fully saturated rings. The van der Waals surface area contributed by atoms with E-state index in [9.17, 15) is 35.9 Å². The number of carbonyl (C=O) groups is 2. The fraction of sp³-hybridized carbons (Fsp3) is 0.682. The van der Waals surface area contributed by atoms with E-state index >= 15 is 0 Å². The standard InChI is InChI=1S/C22H24F6N5O3/c23-21(24,25)18(22(26,27)28)36-19(35)31-11-7-20(8-12-31)6-2-10-32(20)17(34)16-15(13-4-5-13)30-14-3-1-9-29-33(14)16/h1,3,9,13-14,18H,2,4-8,10-12H2/q+1. The van der Waals surface area contributed by atoms with Crippen LogP contribution in [0.1, 0.15) is 38.5 Å². The van der Waals surface area contributed by atoms with Crippen molar-refractivity contribution in [3.63, 3.8) is 0 Å². The summed E-state index contributed by atoms with van der Waals surface area (Å²) in [5, 5.41) is 4.33. The van der Waals surface area contributed by atoms with Gasteiger partial charge in [0.15, 0.2) is 0 Å². The zero-order valence-corrected chi connectivity index (χ0v) is 19.1. The zero-order valence-electron chi connectivity index (χ0n) is 19.1. The third kappa shape index (κ3) is 4.38. The van der Waals surface area contributed by atoms with Crippen molar-refractivity contribution in [2.45, 2.75) is 68.7 Å². The third-order valence-electron chi connectivity index (χ3n) is 7.33. The summed E-state index contributed by atoms with van der Waals surface area (Å²) in [5.41, 5.74) is 0.489. The Hall–Kier alpha value is -2.93. The molecule has 1 atom stereocenters. The van der Waals surface area contributed by atoms with Crippen LogP contribution < -0.4 is 0 Å². The van der Waals surface area contributed by atoms with E-state index in [4.69, 9.17) is 0 Å². The van der Waals surface area contributed by atoms with Crippen molar-refractivity contribution in [1.82, 2.24) is 9.80 Å². The smallest absolute Gasteiger partial charge is 0.426 e. The van der Waals surface area contributed by atoms with Gasteiger partial charge in [0.1, 0.15) is 5.71 Å². The lowest BCUT2D eigenvalue weighted by Gasteiger charge is -2.44. The lowest BCUT2D eigenvalue weighted by atomic mass is 9.84. The van der Waals surface area contributed by atoms with Gasteiger partial charge in [0.2, 0.25) is 0 Å². The van der Waals surface area contributed by atoms with Gasteiger partial charge in [-0.05, 0) is 54.4 Å². The number of allylic oxidation sites excluding steroid dienone is 1. The molecule has 2 saturated heterocycles. The molecule has 0 bridgehead atoms. The highest BCUT2D eigenvalue weighted by Crippen LogP contribution is 2.41. The highest BCUT2D eigenvalue weighted by atomic mass is 19.4. The number of amides is 2. The number of likely N-dealkylation sites (tertiary alicyclic amines) is 2. The molecule has 36 heavy (non-hydrogen) atoms. The minimum atomic E-state index is -5.77. The van der Waals surface area contributed by atoms with Crippen LogP contribution in [-0.2, 0) is 9.53 Å². The molecule has 0 aromatic heterocycles. The van der Waals surface area contributed by atoms with E-state index in [0.29, 0.717) is 25.1 Å². The highest BCUT2D eigenvalue weighted by molar-refractivity contribution is 6.66. The van der Waals surface area contributed by atoms with Gasteiger partial charge < -0.3 is 14.5 Å². The predicted molar refractivity (Wildman–Crippen MR) is 114 cm³/mol. The van der Waals surface area contributed by atoms with E-state index in [2.05, 4.69) is 14.8 Å². The van der Waals surface area contributed by atoms with Crippen molar-refractivity contribution in [2.24, 2.45) is 16.0 Å². The van der Waals surface area contributed by atoms with Gasteiger partial charge in [-0.2, -0.15) is 26.3 Å². The first-order valence-corrected chi connectivity index (χ1v) is 11.8.